The molecular formula is C11H5BrCl4N2. The van der Waals surface area contributed by atoms with Crippen molar-refractivity contribution in [1.29, 1.82) is 0 Å². The smallest absolute Gasteiger partial charge is 0.148 e. The monoisotopic (exact) mass is 384 g/mol. The van der Waals surface area contributed by atoms with Crippen molar-refractivity contribution in [3.8, 4) is 0 Å². The molecule has 2 nitrogen and oxygen atoms in total. The summed E-state index contributed by atoms with van der Waals surface area (Å²) >= 11 is 26.8. The van der Waals surface area contributed by atoms with Gasteiger partial charge in [-0.15, -0.1) is 0 Å². The van der Waals surface area contributed by atoms with Gasteiger partial charge in [0.1, 0.15) is 16.1 Å². The zero-order chi connectivity index (χ0) is 13.3. The van der Waals surface area contributed by atoms with Gasteiger partial charge in [0.05, 0.1) is 14.5 Å². The van der Waals surface area contributed by atoms with Crippen molar-refractivity contribution in [2.75, 3.05) is 0 Å². The molecule has 0 fully saturated rings. The molecule has 0 aliphatic rings. The van der Waals surface area contributed by atoms with E-state index in [4.69, 9.17) is 46.4 Å². The van der Waals surface area contributed by atoms with Crippen molar-refractivity contribution < 1.29 is 0 Å². The molecule has 0 saturated heterocycles. The van der Waals surface area contributed by atoms with E-state index in [-0.39, 0.29) is 10.3 Å². The highest BCUT2D eigenvalue weighted by atomic mass is 79.9. The van der Waals surface area contributed by atoms with Crippen LogP contribution in [-0.2, 0) is 6.42 Å². The normalized spacial score (nSPS) is 10.7. The zero-order valence-electron chi connectivity index (χ0n) is 8.72. The summed E-state index contributed by atoms with van der Waals surface area (Å²) < 4.78 is 0.490. The average Bonchev–Trinajstić information content (AvgIpc) is 2.31. The summed E-state index contributed by atoms with van der Waals surface area (Å²) in [4.78, 5) is 8.26. The molecule has 0 N–H and O–H groups in total. The molecule has 0 unspecified atom stereocenters. The SMILES string of the molecule is Clc1ccc(Cc2nc(Cl)c(Br)c(Cl)n2)cc1Cl. The van der Waals surface area contributed by atoms with Gasteiger partial charge in [0, 0.05) is 6.42 Å². The maximum atomic E-state index is 5.94. The topological polar surface area (TPSA) is 25.8 Å². The Morgan fingerprint density at radius 2 is 1.56 bits per heavy atom. The van der Waals surface area contributed by atoms with Crippen molar-refractivity contribution >= 4 is 62.3 Å². The molecule has 0 bridgehead atoms. The maximum absolute atomic E-state index is 5.94. The molecule has 1 aromatic carbocycles. The summed E-state index contributed by atoms with van der Waals surface area (Å²) in [6, 6.07) is 5.33. The third kappa shape index (κ3) is 3.28. The van der Waals surface area contributed by atoms with Gasteiger partial charge in [-0.1, -0.05) is 52.5 Å². The third-order valence-electron chi connectivity index (χ3n) is 2.16. The van der Waals surface area contributed by atoms with Gasteiger partial charge in [0.2, 0.25) is 0 Å². The highest BCUT2D eigenvalue weighted by molar-refractivity contribution is 9.10. The van der Waals surface area contributed by atoms with Gasteiger partial charge in [0.15, 0.2) is 0 Å². The van der Waals surface area contributed by atoms with Crippen LogP contribution in [0.4, 0.5) is 0 Å². The Bertz CT molecular complexity index is 581. The van der Waals surface area contributed by atoms with Crippen LogP contribution in [0.2, 0.25) is 20.4 Å². The first-order chi connectivity index (χ1) is 8.47. The van der Waals surface area contributed by atoms with E-state index in [9.17, 15) is 0 Å². The molecule has 1 aromatic heterocycles. The average molecular weight is 387 g/mol. The van der Waals surface area contributed by atoms with Gasteiger partial charge in [-0.3, -0.25) is 0 Å². The Morgan fingerprint density at radius 3 is 2.11 bits per heavy atom. The number of hydrogen-bond acceptors (Lipinski definition) is 2. The fourth-order valence-corrected chi connectivity index (χ4v) is 2.27. The van der Waals surface area contributed by atoms with Crippen LogP contribution in [0.5, 0.6) is 0 Å². The van der Waals surface area contributed by atoms with Crippen LogP contribution in [0.15, 0.2) is 22.7 Å². The zero-order valence-corrected chi connectivity index (χ0v) is 13.3. The lowest BCUT2D eigenvalue weighted by atomic mass is 10.1. The van der Waals surface area contributed by atoms with Crippen LogP contribution in [0.1, 0.15) is 11.4 Å². The third-order valence-corrected chi connectivity index (χ3v) is 4.66. The molecule has 0 spiro atoms. The molecule has 0 atom stereocenters. The Labute approximate surface area is 132 Å². The van der Waals surface area contributed by atoms with Gasteiger partial charge < -0.3 is 0 Å². The van der Waals surface area contributed by atoms with E-state index in [1.165, 1.54) is 0 Å². The van der Waals surface area contributed by atoms with E-state index in [0.29, 0.717) is 26.8 Å². The molecule has 1 heterocycles. The van der Waals surface area contributed by atoms with E-state index in [0.717, 1.165) is 5.56 Å². The van der Waals surface area contributed by atoms with Crippen LogP contribution < -0.4 is 0 Å². The summed E-state index contributed by atoms with van der Waals surface area (Å²) in [5.41, 5.74) is 0.929. The van der Waals surface area contributed by atoms with Crippen molar-refractivity contribution in [3.05, 3.63) is 54.4 Å². The van der Waals surface area contributed by atoms with E-state index >= 15 is 0 Å². The molecule has 0 saturated carbocycles. The fraction of sp³-hybridized carbons (Fsp3) is 0.0909. The summed E-state index contributed by atoms with van der Waals surface area (Å²) in [6.45, 7) is 0. The number of rotatable bonds is 2. The summed E-state index contributed by atoms with van der Waals surface area (Å²) in [7, 11) is 0. The molecule has 7 heteroatoms. The van der Waals surface area contributed by atoms with Gasteiger partial charge in [-0.05, 0) is 33.6 Å². The first-order valence-corrected chi connectivity index (χ1v) is 7.09. The summed E-state index contributed by atoms with van der Waals surface area (Å²) in [5, 5.41) is 1.56. The second-order valence-electron chi connectivity index (χ2n) is 3.46. The number of benzene rings is 1. The van der Waals surface area contributed by atoms with Gasteiger partial charge >= 0.3 is 0 Å². The Balaban J connectivity index is 2.31. The van der Waals surface area contributed by atoms with E-state index in [2.05, 4.69) is 25.9 Å². The van der Waals surface area contributed by atoms with Crippen molar-refractivity contribution in [1.82, 2.24) is 9.97 Å². The molecule has 94 valence electrons. The molecule has 0 radical (unpaired) electrons. The molecule has 2 rings (SSSR count). The lowest BCUT2D eigenvalue weighted by Crippen LogP contribution is -1.98. The predicted octanol–water partition coefficient (Wildman–Crippen LogP) is 5.44. The van der Waals surface area contributed by atoms with E-state index in [1.807, 2.05) is 6.07 Å². The van der Waals surface area contributed by atoms with Crippen molar-refractivity contribution in [2.24, 2.45) is 0 Å². The number of nitrogens with zero attached hydrogens (tertiary/aromatic N) is 2. The first kappa shape index (κ1) is 14.4. The first-order valence-electron chi connectivity index (χ1n) is 4.78. The minimum Gasteiger partial charge on any atom is -0.220 e. The lowest BCUT2D eigenvalue weighted by Gasteiger charge is -2.05. The molecular weight excluding hydrogens is 382 g/mol. The lowest BCUT2D eigenvalue weighted by molar-refractivity contribution is 0.962. The van der Waals surface area contributed by atoms with Crippen molar-refractivity contribution in [3.63, 3.8) is 0 Å². The molecule has 2 aromatic rings. The van der Waals surface area contributed by atoms with Gasteiger partial charge in [0.25, 0.3) is 0 Å². The highest BCUT2D eigenvalue weighted by Crippen LogP contribution is 2.28. The summed E-state index contributed by atoms with van der Waals surface area (Å²) in [6.07, 6.45) is 0.476. The molecule has 0 amide bonds. The van der Waals surface area contributed by atoms with E-state index < -0.39 is 0 Å². The number of aromatic nitrogens is 2. The standard InChI is InChI=1S/C11H5BrCl4N2/c12-9-10(15)17-8(18-11(9)16)4-5-1-2-6(13)7(14)3-5/h1-3H,4H2. The Kier molecular flexibility index (Phi) is 4.73. The fourth-order valence-electron chi connectivity index (χ4n) is 1.35. The van der Waals surface area contributed by atoms with Crippen LogP contribution in [-0.4, -0.2) is 9.97 Å². The molecule has 18 heavy (non-hydrogen) atoms. The van der Waals surface area contributed by atoms with Crippen LogP contribution in [0, 0.1) is 0 Å². The second kappa shape index (κ2) is 5.93. The largest absolute Gasteiger partial charge is 0.220 e. The molecule has 0 aliphatic heterocycles. The predicted molar refractivity (Wildman–Crippen MR) is 79.0 cm³/mol. The van der Waals surface area contributed by atoms with Crippen molar-refractivity contribution in [2.45, 2.75) is 6.42 Å². The molecule has 0 aliphatic carbocycles. The summed E-state index contributed by atoms with van der Waals surface area (Å²) in [5.74, 6) is 0.520. The Hall–Kier alpha value is -0.0600. The maximum Gasteiger partial charge on any atom is 0.148 e. The minimum atomic E-state index is 0.282. The minimum absolute atomic E-state index is 0.282. The number of hydrogen-bond donors (Lipinski definition) is 0. The van der Waals surface area contributed by atoms with Gasteiger partial charge in [-0.2, -0.15) is 0 Å². The van der Waals surface area contributed by atoms with Gasteiger partial charge in [-0.25, -0.2) is 9.97 Å². The quantitative estimate of drug-likeness (QED) is 0.642. The Morgan fingerprint density at radius 1 is 0.944 bits per heavy atom. The number of halogens is 5. The van der Waals surface area contributed by atoms with Crippen LogP contribution in [0.25, 0.3) is 0 Å². The second-order valence-corrected chi connectivity index (χ2v) is 5.78. The highest BCUT2D eigenvalue weighted by Gasteiger charge is 2.10. The van der Waals surface area contributed by atoms with E-state index in [1.54, 1.807) is 12.1 Å². The van der Waals surface area contributed by atoms with Crippen LogP contribution in [0.3, 0.4) is 0 Å². The van der Waals surface area contributed by atoms with Crippen LogP contribution >= 0.6 is 62.3 Å².